The fraction of sp³-hybridized carbons (Fsp3) is 0.364. The van der Waals surface area contributed by atoms with Gasteiger partial charge in [0.05, 0.1) is 18.9 Å². The Hall–Kier alpha value is -1.92. The van der Waals surface area contributed by atoms with E-state index in [2.05, 4.69) is 79.7 Å². The molecule has 0 aliphatic heterocycles. The van der Waals surface area contributed by atoms with Gasteiger partial charge in [0.1, 0.15) is 13.7 Å². The molecule has 0 amide bonds. The van der Waals surface area contributed by atoms with Crippen LogP contribution in [0.5, 0.6) is 0 Å². The molecular formula is C22H31N2O2S2+. The number of allylic oxidation sites excluding steroid dienone is 2. The van der Waals surface area contributed by atoms with Crippen LogP contribution in [-0.2, 0) is 9.53 Å². The van der Waals surface area contributed by atoms with Gasteiger partial charge in [-0.15, -0.1) is 0 Å². The van der Waals surface area contributed by atoms with E-state index in [1.165, 1.54) is 0 Å². The summed E-state index contributed by atoms with van der Waals surface area (Å²) in [6.07, 6.45) is 8.59. The van der Waals surface area contributed by atoms with Gasteiger partial charge in [-0.1, -0.05) is 30.9 Å². The Bertz CT molecular complexity index is 708. The monoisotopic (exact) mass is 419 g/mol. The van der Waals surface area contributed by atoms with Crippen molar-refractivity contribution in [2.24, 2.45) is 5.92 Å². The molecule has 1 rings (SSSR count). The van der Waals surface area contributed by atoms with E-state index in [-0.39, 0.29) is 11.9 Å². The third-order valence-corrected chi connectivity index (χ3v) is 5.26. The molecule has 0 fully saturated rings. The minimum Gasteiger partial charge on any atom is -0.464 e. The second-order valence-corrected chi connectivity index (χ2v) is 7.07. The van der Waals surface area contributed by atoms with E-state index in [1.54, 1.807) is 6.20 Å². The minimum atomic E-state index is -0.256. The Morgan fingerprint density at radius 2 is 1.89 bits per heavy atom. The van der Waals surface area contributed by atoms with Gasteiger partial charge >= 0.3 is 5.97 Å². The molecule has 0 aliphatic carbocycles. The highest BCUT2D eigenvalue weighted by Gasteiger charge is 2.16. The highest BCUT2D eigenvalue weighted by Crippen LogP contribution is 2.15. The zero-order valence-corrected chi connectivity index (χ0v) is 18.5. The van der Waals surface area contributed by atoms with Crippen LogP contribution in [0.2, 0.25) is 0 Å². The average Bonchev–Trinajstić information content (AvgIpc) is 2.72. The van der Waals surface area contributed by atoms with Crippen LogP contribution in [0.3, 0.4) is 0 Å². The van der Waals surface area contributed by atoms with Crippen molar-refractivity contribution < 1.29 is 14.1 Å². The van der Waals surface area contributed by atoms with Crippen molar-refractivity contribution in [2.75, 3.05) is 43.7 Å². The molecule has 0 N–H and O–H groups in total. The number of hydrogen-bond acceptors (Lipinski definition) is 5. The first-order valence-electron chi connectivity index (χ1n) is 9.16. The van der Waals surface area contributed by atoms with E-state index in [0.717, 1.165) is 23.4 Å². The lowest BCUT2D eigenvalue weighted by atomic mass is 10.1. The van der Waals surface area contributed by atoms with E-state index < -0.39 is 0 Å². The van der Waals surface area contributed by atoms with Crippen molar-refractivity contribution in [1.29, 1.82) is 0 Å². The van der Waals surface area contributed by atoms with E-state index >= 15 is 0 Å². The van der Waals surface area contributed by atoms with Crippen molar-refractivity contribution in [3.05, 3.63) is 61.3 Å². The van der Waals surface area contributed by atoms with Crippen LogP contribution in [0.25, 0.3) is 6.08 Å². The Labute approximate surface area is 180 Å². The van der Waals surface area contributed by atoms with E-state index in [9.17, 15) is 4.79 Å². The van der Waals surface area contributed by atoms with Crippen molar-refractivity contribution in [3.63, 3.8) is 0 Å². The molecule has 28 heavy (non-hydrogen) atoms. The van der Waals surface area contributed by atoms with Crippen LogP contribution in [0.15, 0.2) is 55.8 Å². The summed E-state index contributed by atoms with van der Waals surface area (Å²) in [4.78, 5) is 13.9. The largest absolute Gasteiger partial charge is 0.464 e. The average molecular weight is 420 g/mol. The third kappa shape index (κ3) is 7.98. The summed E-state index contributed by atoms with van der Waals surface area (Å²) in [5.74, 6) is 0.399. The summed E-state index contributed by atoms with van der Waals surface area (Å²) in [5.41, 5.74) is 3.28. The minimum absolute atomic E-state index is 0.239. The normalized spacial score (nSPS) is 12.0. The summed E-state index contributed by atoms with van der Waals surface area (Å²) in [6, 6.07) is 8.24. The summed E-state index contributed by atoms with van der Waals surface area (Å²) >= 11 is 8.28. The number of ether oxygens (including phenoxy) is 1. The lowest BCUT2D eigenvalue weighted by molar-refractivity contribution is -0.421. The highest BCUT2D eigenvalue weighted by molar-refractivity contribution is 7.81. The molecule has 0 atom stereocenters. The molecule has 0 spiro atoms. The zero-order chi connectivity index (χ0) is 20.9. The zero-order valence-electron chi connectivity index (χ0n) is 16.8. The molecule has 4 nitrogen and oxygen atoms in total. The molecular weight excluding hydrogens is 388 g/mol. The van der Waals surface area contributed by atoms with Crippen LogP contribution in [-0.4, -0.2) is 55.0 Å². The van der Waals surface area contributed by atoms with Gasteiger partial charge in [-0.3, -0.25) is 4.79 Å². The standard InChI is InChI=1S/C22H30N2O2S2/c1-5-20(23(3)6-2)9-7-8-18-10-12-21(13-11-18)24(4)14-15-26-22(25)19(16-27)17-28/h5-8,10-13,19H,1-2,9,14-17H2,3-4H3,(H-,27,28)/p+1. The lowest BCUT2D eigenvalue weighted by Gasteiger charge is -2.20. The maximum absolute atomic E-state index is 11.8. The molecule has 0 radical (unpaired) electrons. The number of carbonyl (C=O) groups is 1. The quantitative estimate of drug-likeness (QED) is 0.233. The molecule has 0 unspecified atom stereocenters. The second kappa shape index (κ2) is 13.3. The lowest BCUT2D eigenvalue weighted by Crippen LogP contribution is -2.27. The van der Waals surface area contributed by atoms with Crippen molar-refractivity contribution >= 4 is 48.7 Å². The van der Waals surface area contributed by atoms with Crippen LogP contribution in [0.1, 0.15) is 12.0 Å². The van der Waals surface area contributed by atoms with Gasteiger partial charge in [0.25, 0.3) is 0 Å². The van der Waals surface area contributed by atoms with Gasteiger partial charge in [-0.05, 0) is 30.4 Å². The Morgan fingerprint density at radius 1 is 1.25 bits per heavy atom. The number of nitrogens with zero attached hydrogens (tertiary/aromatic N) is 2. The summed E-state index contributed by atoms with van der Waals surface area (Å²) in [5, 5.41) is 0. The number of carbonyl (C=O) groups excluding carboxylic acids is 1. The molecule has 0 bridgehead atoms. The molecule has 0 saturated carbocycles. The van der Waals surface area contributed by atoms with Gasteiger partial charge < -0.3 is 9.64 Å². The van der Waals surface area contributed by atoms with E-state index in [0.29, 0.717) is 24.7 Å². The number of esters is 1. The molecule has 0 aliphatic rings. The van der Waals surface area contributed by atoms with E-state index in [4.69, 9.17) is 4.74 Å². The van der Waals surface area contributed by atoms with Gasteiger partial charge in [-0.25, -0.2) is 4.58 Å². The Balaban J connectivity index is 2.55. The smallest absolute Gasteiger partial charge is 0.310 e. The van der Waals surface area contributed by atoms with Gasteiger partial charge in [0.2, 0.25) is 0 Å². The van der Waals surface area contributed by atoms with Crippen molar-refractivity contribution in [2.45, 2.75) is 6.42 Å². The first-order valence-corrected chi connectivity index (χ1v) is 10.4. The van der Waals surface area contributed by atoms with Crippen LogP contribution < -0.4 is 4.90 Å². The van der Waals surface area contributed by atoms with Gasteiger partial charge in [0, 0.05) is 24.2 Å². The molecule has 1 aromatic carbocycles. The third-order valence-electron chi connectivity index (χ3n) is 4.38. The molecule has 0 saturated heterocycles. The van der Waals surface area contributed by atoms with Crippen molar-refractivity contribution in [3.8, 4) is 0 Å². The topological polar surface area (TPSA) is 32.5 Å². The SMILES string of the molecule is C=CC(CC=Cc1ccc(N(C)CCOC(=O)C(CS)CS)cc1)=[N+](C)C=C. The number of likely N-dealkylation sites (N-methyl/N-ethyl adjacent to an activating group) is 1. The highest BCUT2D eigenvalue weighted by atomic mass is 32.1. The van der Waals surface area contributed by atoms with Crippen LogP contribution >= 0.6 is 25.3 Å². The Morgan fingerprint density at radius 3 is 2.43 bits per heavy atom. The molecule has 0 aromatic heterocycles. The van der Waals surface area contributed by atoms with Crippen LogP contribution in [0, 0.1) is 5.92 Å². The second-order valence-electron chi connectivity index (χ2n) is 6.34. The van der Waals surface area contributed by atoms with E-state index in [1.807, 2.05) is 24.7 Å². The number of hydrogen-bond donors (Lipinski definition) is 2. The molecule has 0 heterocycles. The first-order chi connectivity index (χ1) is 13.5. The molecule has 6 heteroatoms. The summed E-state index contributed by atoms with van der Waals surface area (Å²) < 4.78 is 7.26. The number of benzene rings is 1. The fourth-order valence-electron chi connectivity index (χ4n) is 2.38. The van der Waals surface area contributed by atoms with Gasteiger partial charge in [-0.2, -0.15) is 25.3 Å². The maximum atomic E-state index is 11.8. The predicted octanol–water partition coefficient (Wildman–Crippen LogP) is 3.96. The number of anilines is 1. The van der Waals surface area contributed by atoms with Crippen molar-refractivity contribution in [1.82, 2.24) is 0 Å². The summed E-state index contributed by atoms with van der Waals surface area (Å²) in [6.45, 7) is 8.56. The molecule has 152 valence electrons. The fourth-order valence-corrected chi connectivity index (χ4v) is 3.14. The number of rotatable bonds is 12. The Kier molecular flexibility index (Phi) is 11.4. The summed E-state index contributed by atoms with van der Waals surface area (Å²) in [7, 11) is 3.93. The van der Waals surface area contributed by atoms with Gasteiger partial charge in [0.15, 0.2) is 11.9 Å². The predicted molar refractivity (Wildman–Crippen MR) is 127 cm³/mol. The first kappa shape index (κ1) is 24.1. The number of thiol groups is 2. The molecule has 1 aromatic rings. The maximum Gasteiger partial charge on any atom is 0.310 e. The van der Waals surface area contributed by atoms with Crippen LogP contribution in [0.4, 0.5) is 5.69 Å².